The van der Waals surface area contributed by atoms with E-state index in [4.69, 9.17) is 22.3 Å². The molecule has 0 amide bonds. The summed E-state index contributed by atoms with van der Waals surface area (Å²) in [6.45, 7) is 1.80. The number of hydrogen-bond acceptors (Lipinski definition) is 3. The first-order valence-corrected chi connectivity index (χ1v) is 6.78. The molecule has 14 heavy (non-hydrogen) atoms. The van der Waals surface area contributed by atoms with Crippen LogP contribution in [0.3, 0.4) is 0 Å². The molecular weight excluding hydrogens is 245 g/mol. The van der Waals surface area contributed by atoms with Crippen molar-refractivity contribution < 1.29 is 8.42 Å². The first kappa shape index (κ1) is 11.8. The quantitative estimate of drug-likeness (QED) is 0.613. The molecule has 78 valence electrons. The van der Waals surface area contributed by atoms with Gasteiger partial charge in [0, 0.05) is 16.4 Å². The highest BCUT2D eigenvalue weighted by molar-refractivity contribution is 8.13. The molecule has 0 N–H and O–H groups in total. The van der Waals surface area contributed by atoms with Crippen molar-refractivity contribution in [3.8, 4) is 0 Å². The van der Waals surface area contributed by atoms with Crippen LogP contribution in [0.1, 0.15) is 11.3 Å². The predicted octanol–water partition coefficient (Wildman–Crippen LogP) is 2.15. The first-order valence-electron chi connectivity index (χ1n) is 3.92. The van der Waals surface area contributed by atoms with Crippen molar-refractivity contribution in [1.29, 1.82) is 0 Å². The smallest absolute Gasteiger partial charge is 0.232 e. The van der Waals surface area contributed by atoms with E-state index in [0.717, 1.165) is 11.3 Å². The lowest BCUT2D eigenvalue weighted by atomic mass is 10.2. The predicted molar refractivity (Wildman–Crippen MR) is 57.3 cm³/mol. The molecule has 1 aromatic rings. The molecule has 0 atom stereocenters. The largest absolute Gasteiger partial charge is 0.241 e. The van der Waals surface area contributed by atoms with Crippen molar-refractivity contribution in [2.45, 2.75) is 13.3 Å². The molecule has 1 aromatic heterocycles. The van der Waals surface area contributed by atoms with Crippen LogP contribution in [0.25, 0.3) is 0 Å². The van der Waals surface area contributed by atoms with Gasteiger partial charge in [-0.1, -0.05) is 11.6 Å². The molecular formula is C8H9Cl2NO2S. The molecule has 1 heterocycles. The van der Waals surface area contributed by atoms with E-state index in [1.54, 1.807) is 19.1 Å². The topological polar surface area (TPSA) is 47.0 Å². The van der Waals surface area contributed by atoms with E-state index < -0.39 is 9.05 Å². The Bertz CT molecular complexity index is 411. The number of hydrogen-bond donors (Lipinski definition) is 0. The van der Waals surface area contributed by atoms with Crippen LogP contribution in [0.4, 0.5) is 0 Å². The summed E-state index contributed by atoms with van der Waals surface area (Å²) in [5, 5.41) is 0.368. The average Bonchev–Trinajstić information content (AvgIpc) is 1.97. The maximum Gasteiger partial charge on any atom is 0.232 e. The summed E-state index contributed by atoms with van der Waals surface area (Å²) in [5.41, 5.74) is 1.59. The number of rotatable bonds is 3. The number of aromatic nitrogens is 1. The summed E-state index contributed by atoms with van der Waals surface area (Å²) in [6.07, 6.45) is 0.356. The minimum absolute atomic E-state index is 0.0890. The molecule has 6 heteroatoms. The second-order valence-electron chi connectivity index (χ2n) is 2.93. The van der Waals surface area contributed by atoms with E-state index in [0.29, 0.717) is 11.6 Å². The van der Waals surface area contributed by atoms with Gasteiger partial charge in [0.05, 0.1) is 5.75 Å². The fourth-order valence-electron chi connectivity index (χ4n) is 1.08. The molecule has 0 aromatic carbocycles. The minimum atomic E-state index is -3.44. The standard InChI is InChI=1S/C8H9Cl2NO2S/c1-6-4-7(5-8(9)11-6)2-3-14(10,12)13/h4-5H,2-3H2,1H3. The maximum absolute atomic E-state index is 10.7. The van der Waals surface area contributed by atoms with E-state index >= 15 is 0 Å². The lowest BCUT2D eigenvalue weighted by Crippen LogP contribution is -2.01. The van der Waals surface area contributed by atoms with Crippen molar-refractivity contribution in [1.82, 2.24) is 4.98 Å². The fraction of sp³-hybridized carbons (Fsp3) is 0.375. The van der Waals surface area contributed by atoms with Crippen LogP contribution in [-0.2, 0) is 15.5 Å². The van der Waals surface area contributed by atoms with E-state index in [-0.39, 0.29) is 5.75 Å². The van der Waals surface area contributed by atoms with Gasteiger partial charge < -0.3 is 0 Å². The summed E-state index contributed by atoms with van der Waals surface area (Å²) < 4.78 is 21.4. The van der Waals surface area contributed by atoms with Crippen LogP contribution in [0.15, 0.2) is 12.1 Å². The van der Waals surface area contributed by atoms with Crippen LogP contribution >= 0.6 is 22.3 Å². The Labute approximate surface area is 92.5 Å². The van der Waals surface area contributed by atoms with Crippen molar-refractivity contribution in [3.05, 3.63) is 28.5 Å². The van der Waals surface area contributed by atoms with E-state index in [1.165, 1.54) is 0 Å². The van der Waals surface area contributed by atoms with E-state index in [9.17, 15) is 8.42 Å². The van der Waals surface area contributed by atoms with Gasteiger partial charge in [-0.2, -0.15) is 0 Å². The van der Waals surface area contributed by atoms with Crippen molar-refractivity contribution in [2.75, 3.05) is 5.75 Å². The van der Waals surface area contributed by atoms with Crippen molar-refractivity contribution in [2.24, 2.45) is 0 Å². The molecule has 0 radical (unpaired) electrons. The minimum Gasteiger partial charge on any atom is -0.241 e. The van der Waals surface area contributed by atoms with E-state index in [2.05, 4.69) is 4.98 Å². The summed E-state index contributed by atoms with van der Waals surface area (Å²) in [6, 6.07) is 3.42. The summed E-state index contributed by atoms with van der Waals surface area (Å²) >= 11 is 5.71. The molecule has 0 bridgehead atoms. The zero-order valence-electron chi connectivity index (χ0n) is 7.50. The molecule has 0 aliphatic heterocycles. The van der Waals surface area contributed by atoms with Crippen molar-refractivity contribution in [3.63, 3.8) is 0 Å². The maximum atomic E-state index is 10.7. The van der Waals surface area contributed by atoms with Gasteiger partial charge in [-0.25, -0.2) is 13.4 Å². The normalized spacial score (nSPS) is 11.6. The van der Waals surface area contributed by atoms with Gasteiger partial charge >= 0.3 is 0 Å². The summed E-state index contributed by atoms with van der Waals surface area (Å²) in [4.78, 5) is 3.96. The van der Waals surface area contributed by atoms with Crippen LogP contribution in [0.5, 0.6) is 0 Å². The van der Waals surface area contributed by atoms with Crippen LogP contribution in [-0.4, -0.2) is 19.2 Å². The molecule has 0 aliphatic rings. The van der Waals surface area contributed by atoms with Gasteiger partial charge in [-0.05, 0) is 31.0 Å². The molecule has 0 saturated heterocycles. The van der Waals surface area contributed by atoms with Crippen molar-refractivity contribution >= 4 is 31.3 Å². The van der Waals surface area contributed by atoms with Gasteiger partial charge in [0.1, 0.15) is 5.15 Å². The summed E-state index contributed by atoms with van der Waals surface area (Å²) in [5.74, 6) is -0.0890. The number of nitrogens with zero attached hydrogens (tertiary/aromatic N) is 1. The molecule has 3 nitrogen and oxygen atoms in total. The summed E-state index contributed by atoms with van der Waals surface area (Å²) in [7, 11) is 1.65. The Kier molecular flexibility index (Phi) is 3.75. The third kappa shape index (κ3) is 4.26. The zero-order chi connectivity index (χ0) is 10.8. The van der Waals surface area contributed by atoms with Crippen LogP contribution in [0.2, 0.25) is 5.15 Å². The van der Waals surface area contributed by atoms with Gasteiger partial charge in [0.25, 0.3) is 0 Å². The van der Waals surface area contributed by atoms with Gasteiger partial charge in [0.15, 0.2) is 0 Å². The SMILES string of the molecule is Cc1cc(CCS(=O)(=O)Cl)cc(Cl)n1. The number of pyridine rings is 1. The Morgan fingerprint density at radius 3 is 2.57 bits per heavy atom. The first-order chi connectivity index (χ1) is 6.37. The highest BCUT2D eigenvalue weighted by atomic mass is 35.7. The van der Waals surface area contributed by atoms with Crippen LogP contribution in [0, 0.1) is 6.92 Å². The number of halogens is 2. The monoisotopic (exact) mass is 253 g/mol. The molecule has 0 fully saturated rings. The highest BCUT2D eigenvalue weighted by Crippen LogP contribution is 2.12. The second-order valence-corrected chi connectivity index (χ2v) is 6.22. The zero-order valence-corrected chi connectivity index (χ0v) is 9.83. The third-order valence-corrected chi connectivity index (χ3v) is 2.96. The highest BCUT2D eigenvalue weighted by Gasteiger charge is 2.06. The van der Waals surface area contributed by atoms with Gasteiger partial charge in [0.2, 0.25) is 9.05 Å². The molecule has 0 aliphatic carbocycles. The Balaban J connectivity index is 2.78. The lowest BCUT2D eigenvalue weighted by Gasteiger charge is -2.01. The Morgan fingerprint density at radius 2 is 2.07 bits per heavy atom. The molecule has 0 saturated carbocycles. The van der Waals surface area contributed by atoms with Crippen LogP contribution < -0.4 is 0 Å². The lowest BCUT2D eigenvalue weighted by molar-refractivity contribution is 0.609. The van der Waals surface area contributed by atoms with E-state index in [1.807, 2.05) is 0 Å². The average molecular weight is 254 g/mol. The molecule has 1 rings (SSSR count). The Hall–Kier alpha value is -0.320. The fourth-order valence-corrected chi connectivity index (χ4v) is 2.06. The third-order valence-electron chi connectivity index (χ3n) is 1.62. The molecule has 0 spiro atoms. The Morgan fingerprint density at radius 1 is 1.43 bits per heavy atom. The number of aryl methyl sites for hydroxylation is 2. The van der Waals surface area contributed by atoms with Gasteiger partial charge in [-0.15, -0.1) is 0 Å². The van der Waals surface area contributed by atoms with Gasteiger partial charge in [-0.3, -0.25) is 0 Å². The second kappa shape index (κ2) is 4.47. The molecule has 0 unspecified atom stereocenters.